The van der Waals surface area contributed by atoms with Gasteiger partial charge in [0, 0.05) is 25.7 Å². The number of nitro benzene ring substituents is 1. The van der Waals surface area contributed by atoms with E-state index < -0.39 is 16.4 Å². The smallest absolute Gasteiger partial charge is 0.295 e. The number of ether oxygens (including phenoxy) is 2. The van der Waals surface area contributed by atoms with Crippen molar-refractivity contribution in [2.45, 2.75) is 6.54 Å². The first-order valence-corrected chi connectivity index (χ1v) is 8.36. The van der Waals surface area contributed by atoms with E-state index in [4.69, 9.17) is 9.47 Å². The van der Waals surface area contributed by atoms with Crippen LogP contribution in [0.5, 0.6) is 5.75 Å². The Bertz CT molecular complexity index is 842. The van der Waals surface area contributed by atoms with Crippen LogP contribution < -0.4 is 15.0 Å². The minimum Gasteiger partial charge on any atom is -0.494 e. The van der Waals surface area contributed by atoms with Gasteiger partial charge < -0.3 is 19.7 Å². The van der Waals surface area contributed by atoms with Crippen molar-refractivity contribution in [1.82, 2.24) is 0 Å². The molecule has 1 N–H and O–H groups in total. The molecule has 2 aromatic carbocycles. The Hall–Kier alpha value is -2.94. The zero-order valence-corrected chi connectivity index (χ0v) is 14.7. The van der Waals surface area contributed by atoms with Crippen LogP contribution in [0.25, 0.3) is 0 Å². The minimum atomic E-state index is -0.823. The highest BCUT2D eigenvalue weighted by atomic mass is 19.1. The lowest BCUT2D eigenvalue weighted by molar-refractivity contribution is -0.384. The molecule has 3 rings (SSSR count). The molecule has 0 atom stereocenters. The summed E-state index contributed by atoms with van der Waals surface area (Å²) in [6.45, 7) is 2.49. The highest BCUT2D eigenvalue weighted by Crippen LogP contribution is 2.32. The van der Waals surface area contributed by atoms with Gasteiger partial charge in [0.25, 0.3) is 5.69 Å². The third kappa shape index (κ3) is 4.25. The van der Waals surface area contributed by atoms with Gasteiger partial charge in [0.05, 0.1) is 37.0 Å². The molecule has 1 aliphatic heterocycles. The van der Waals surface area contributed by atoms with E-state index in [0.717, 1.165) is 6.07 Å². The zero-order valence-electron chi connectivity index (χ0n) is 14.7. The summed E-state index contributed by atoms with van der Waals surface area (Å²) in [7, 11) is 1.27. The fourth-order valence-electron chi connectivity index (χ4n) is 2.91. The van der Waals surface area contributed by atoms with Gasteiger partial charge in [0.15, 0.2) is 11.6 Å². The molecule has 1 saturated heterocycles. The van der Waals surface area contributed by atoms with Crippen LogP contribution in [-0.2, 0) is 11.3 Å². The van der Waals surface area contributed by atoms with Gasteiger partial charge in [-0.2, -0.15) is 0 Å². The monoisotopic (exact) mass is 379 g/mol. The van der Waals surface area contributed by atoms with Crippen LogP contribution in [-0.4, -0.2) is 38.3 Å². The molecule has 0 bridgehead atoms. The van der Waals surface area contributed by atoms with E-state index in [1.54, 1.807) is 12.1 Å². The summed E-state index contributed by atoms with van der Waals surface area (Å²) in [5.74, 6) is -1.31. The molecule has 0 amide bonds. The summed E-state index contributed by atoms with van der Waals surface area (Å²) in [5.41, 5.74) is 0.771. The van der Waals surface area contributed by atoms with Gasteiger partial charge in [0.1, 0.15) is 11.5 Å². The number of rotatable bonds is 6. The Morgan fingerprint density at radius 1 is 1.22 bits per heavy atom. The average molecular weight is 379 g/mol. The Balaban J connectivity index is 1.76. The normalized spacial score (nSPS) is 14.1. The second-order valence-electron chi connectivity index (χ2n) is 6.00. The lowest BCUT2D eigenvalue weighted by Gasteiger charge is -2.29. The van der Waals surface area contributed by atoms with Crippen molar-refractivity contribution in [3.05, 3.63) is 57.6 Å². The molecule has 0 aromatic heterocycles. The molecule has 0 aliphatic carbocycles. The number of hydrogen-bond acceptors (Lipinski definition) is 6. The predicted molar refractivity (Wildman–Crippen MR) is 96.4 cm³/mol. The van der Waals surface area contributed by atoms with Crippen molar-refractivity contribution in [3.8, 4) is 5.75 Å². The van der Waals surface area contributed by atoms with Gasteiger partial charge >= 0.3 is 0 Å². The van der Waals surface area contributed by atoms with Crippen LogP contribution in [0.4, 0.5) is 25.8 Å². The number of methoxy groups -OCH3 is 1. The third-order valence-corrected chi connectivity index (χ3v) is 4.31. The number of nitro groups is 1. The molecule has 7 nitrogen and oxygen atoms in total. The zero-order chi connectivity index (χ0) is 19.4. The fourth-order valence-corrected chi connectivity index (χ4v) is 2.91. The summed E-state index contributed by atoms with van der Waals surface area (Å²) in [4.78, 5) is 12.4. The van der Waals surface area contributed by atoms with Crippen LogP contribution in [0.1, 0.15) is 5.56 Å². The van der Waals surface area contributed by atoms with Gasteiger partial charge in [-0.25, -0.2) is 8.78 Å². The first-order valence-electron chi connectivity index (χ1n) is 8.36. The Morgan fingerprint density at radius 2 is 1.96 bits per heavy atom. The molecule has 2 aromatic rings. The molecule has 144 valence electrons. The molecule has 9 heteroatoms. The highest BCUT2D eigenvalue weighted by Gasteiger charge is 2.19. The van der Waals surface area contributed by atoms with Gasteiger partial charge in [-0.3, -0.25) is 10.1 Å². The molecular formula is C18H19F2N3O4. The number of benzene rings is 2. The van der Waals surface area contributed by atoms with E-state index in [1.807, 2.05) is 4.90 Å². The molecule has 1 fully saturated rings. The van der Waals surface area contributed by atoms with Gasteiger partial charge in [0.2, 0.25) is 0 Å². The highest BCUT2D eigenvalue weighted by molar-refractivity contribution is 5.65. The Morgan fingerprint density at radius 3 is 2.59 bits per heavy atom. The maximum atomic E-state index is 14.5. The predicted octanol–water partition coefficient (Wildman–Crippen LogP) is 3.33. The molecule has 0 radical (unpaired) electrons. The summed E-state index contributed by atoms with van der Waals surface area (Å²) in [6.07, 6.45) is 0. The van der Waals surface area contributed by atoms with Crippen molar-refractivity contribution in [2.75, 3.05) is 43.6 Å². The van der Waals surface area contributed by atoms with Crippen molar-refractivity contribution in [1.29, 1.82) is 0 Å². The number of nitrogens with one attached hydrogen (secondary N) is 1. The van der Waals surface area contributed by atoms with Crippen molar-refractivity contribution in [2.24, 2.45) is 0 Å². The largest absolute Gasteiger partial charge is 0.494 e. The minimum absolute atomic E-state index is 0.0934. The molecule has 0 unspecified atom stereocenters. The topological polar surface area (TPSA) is 76.9 Å². The number of anilines is 2. The SMILES string of the molecule is COc1cc(NCc2ccc(N3CCOCC3)c(F)c2)c([N+](=O)[O-])cc1F. The number of nitrogens with zero attached hydrogens (tertiary/aromatic N) is 2. The molecule has 1 aliphatic rings. The molecule has 27 heavy (non-hydrogen) atoms. The van der Waals surface area contributed by atoms with E-state index in [1.165, 1.54) is 19.2 Å². The molecule has 1 heterocycles. The van der Waals surface area contributed by atoms with E-state index in [9.17, 15) is 18.9 Å². The van der Waals surface area contributed by atoms with Crippen LogP contribution in [0.2, 0.25) is 0 Å². The van der Waals surface area contributed by atoms with Gasteiger partial charge in [-0.15, -0.1) is 0 Å². The average Bonchev–Trinajstić information content (AvgIpc) is 2.67. The second kappa shape index (κ2) is 8.17. The second-order valence-corrected chi connectivity index (χ2v) is 6.00. The Kier molecular flexibility index (Phi) is 5.70. The molecule has 0 spiro atoms. The quantitative estimate of drug-likeness (QED) is 0.613. The molecular weight excluding hydrogens is 360 g/mol. The van der Waals surface area contributed by atoms with E-state index >= 15 is 0 Å². The fraction of sp³-hybridized carbons (Fsp3) is 0.333. The number of morpholine rings is 1. The van der Waals surface area contributed by atoms with E-state index in [2.05, 4.69) is 5.32 Å². The number of halogens is 2. The van der Waals surface area contributed by atoms with Crippen molar-refractivity contribution >= 4 is 17.1 Å². The number of hydrogen-bond donors (Lipinski definition) is 1. The van der Waals surface area contributed by atoms with E-state index in [0.29, 0.717) is 37.6 Å². The summed E-state index contributed by atoms with van der Waals surface area (Å²) in [5, 5.41) is 14.0. The lowest BCUT2D eigenvalue weighted by atomic mass is 10.1. The standard InChI is InChI=1S/C18H19F2N3O4/c1-26-18-10-15(17(23(24)25)9-14(18)20)21-11-12-2-3-16(13(19)8-12)22-4-6-27-7-5-22/h2-3,8-10,21H,4-7,11H2,1H3. The first-order chi connectivity index (χ1) is 13.0. The van der Waals surface area contributed by atoms with Crippen LogP contribution in [0.3, 0.4) is 0 Å². The molecule has 0 saturated carbocycles. The van der Waals surface area contributed by atoms with Gasteiger partial charge in [-0.1, -0.05) is 6.07 Å². The maximum Gasteiger partial charge on any atom is 0.295 e. The van der Waals surface area contributed by atoms with Crippen LogP contribution in [0, 0.1) is 21.7 Å². The third-order valence-electron chi connectivity index (χ3n) is 4.31. The van der Waals surface area contributed by atoms with Crippen molar-refractivity contribution < 1.29 is 23.2 Å². The maximum absolute atomic E-state index is 14.5. The van der Waals surface area contributed by atoms with Crippen LogP contribution >= 0.6 is 0 Å². The van der Waals surface area contributed by atoms with E-state index in [-0.39, 0.29) is 23.8 Å². The van der Waals surface area contributed by atoms with Crippen molar-refractivity contribution in [3.63, 3.8) is 0 Å². The summed E-state index contributed by atoms with van der Waals surface area (Å²) in [6, 6.07) is 6.81. The summed E-state index contributed by atoms with van der Waals surface area (Å²) < 4.78 is 38.3. The van der Waals surface area contributed by atoms with Gasteiger partial charge in [-0.05, 0) is 17.7 Å². The lowest BCUT2D eigenvalue weighted by Crippen LogP contribution is -2.36. The van der Waals surface area contributed by atoms with Crippen LogP contribution in [0.15, 0.2) is 30.3 Å². The Labute approximate surface area is 154 Å². The summed E-state index contributed by atoms with van der Waals surface area (Å²) >= 11 is 0. The first kappa shape index (κ1) is 18.8.